The van der Waals surface area contributed by atoms with Gasteiger partial charge in [-0.25, -0.2) is 19.6 Å². The van der Waals surface area contributed by atoms with Gasteiger partial charge < -0.3 is 49.7 Å². The first-order chi connectivity index (χ1) is 31.4. The number of amides is 4. The van der Waals surface area contributed by atoms with E-state index in [-0.39, 0.29) is 41.9 Å². The highest BCUT2D eigenvalue weighted by molar-refractivity contribution is 6.07. The van der Waals surface area contributed by atoms with E-state index in [1.165, 1.54) is 0 Å². The minimum absolute atomic E-state index is 0.0601. The molecule has 0 saturated carbocycles. The Labute approximate surface area is 384 Å². The molecular formula is C50H62N8O8. The molecule has 5 aromatic rings. The molecule has 4 aliphatic heterocycles. The molecular weight excluding hydrogens is 841 g/mol. The number of nitrogens with one attached hydrogen (secondary N) is 4. The molecule has 0 aliphatic carbocycles. The highest BCUT2D eigenvalue weighted by Crippen LogP contribution is 2.45. The number of hydrogen-bond donors (Lipinski definition) is 5. The summed E-state index contributed by atoms with van der Waals surface area (Å²) in [6.07, 6.45) is 4.28. The maximum absolute atomic E-state index is 14.7. The lowest BCUT2D eigenvalue weighted by Gasteiger charge is -2.43. The summed E-state index contributed by atoms with van der Waals surface area (Å²) >= 11 is 0. The average Bonchev–Trinajstić information content (AvgIpc) is 4.09. The van der Waals surface area contributed by atoms with Crippen molar-refractivity contribution >= 4 is 45.8 Å². The predicted octanol–water partition coefficient (Wildman–Crippen LogP) is 8.77. The highest BCUT2D eigenvalue weighted by Gasteiger charge is 2.48. The Morgan fingerprint density at radius 1 is 0.879 bits per heavy atom. The van der Waals surface area contributed by atoms with Crippen LogP contribution in [0.1, 0.15) is 123 Å². The van der Waals surface area contributed by atoms with Gasteiger partial charge in [-0.3, -0.25) is 9.59 Å². The zero-order valence-corrected chi connectivity index (χ0v) is 39.1. The van der Waals surface area contributed by atoms with Gasteiger partial charge in [0.2, 0.25) is 11.8 Å². The Balaban J connectivity index is 0.961. The number of carbonyl (C=O) groups is 4. The Kier molecular flexibility index (Phi) is 11.8. The number of rotatable bonds is 9. The molecule has 6 atom stereocenters. The Morgan fingerprint density at radius 2 is 1.58 bits per heavy atom. The standard InChI is InChI=1S/C50H62N8O8/c1-26(2)40(55-47(61)62)45(59)57-27(3)10-16-38(57)44-52-35-14-12-29-22-34-32-13-11-30(21-31(32)25-65-39(34)23-33(29)41(35)54-44)36-24-51-43(53-36)37-15-9-28(4)58(37)46(60)42(50(8)17-19-64-20-18-50)56-48(63)66-49(5,6)7/h11-14,21-24,26-28,37-38,40,42,55H,9-10,15-20,25H2,1-8H3,(H,51,53)(H,52,54)(H,56,63)(H,61,62)/t27-,28-,37-,38-,40-,42+/m0/s1. The van der Waals surface area contributed by atoms with Gasteiger partial charge >= 0.3 is 12.2 Å². The number of H-pyrrole nitrogens is 2. The monoisotopic (exact) mass is 902 g/mol. The van der Waals surface area contributed by atoms with Crippen molar-refractivity contribution in [3.63, 3.8) is 0 Å². The van der Waals surface area contributed by atoms with Crippen molar-refractivity contribution in [2.45, 2.75) is 142 Å². The first-order valence-electron chi connectivity index (χ1n) is 23.4. The summed E-state index contributed by atoms with van der Waals surface area (Å²) in [5.74, 6) is 1.53. The van der Waals surface area contributed by atoms with Crippen LogP contribution in [0, 0.1) is 11.3 Å². The van der Waals surface area contributed by atoms with Crippen LogP contribution in [-0.2, 0) is 25.7 Å². The van der Waals surface area contributed by atoms with Crippen LogP contribution in [0.15, 0.2) is 48.7 Å². The summed E-state index contributed by atoms with van der Waals surface area (Å²) in [5.41, 5.74) is 5.25. The third-order valence-corrected chi connectivity index (χ3v) is 14.2. The molecule has 0 spiro atoms. The van der Waals surface area contributed by atoms with Crippen molar-refractivity contribution in [1.82, 2.24) is 40.4 Å². The lowest BCUT2D eigenvalue weighted by molar-refractivity contribution is -0.142. The van der Waals surface area contributed by atoms with E-state index in [0.29, 0.717) is 50.7 Å². The molecule has 6 heterocycles. The summed E-state index contributed by atoms with van der Waals surface area (Å²) in [4.78, 5) is 74.0. The maximum atomic E-state index is 14.7. The first kappa shape index (κ1) is 45.0. The number of ether oxygens (including phenoxy) is 3. The number of aromatic amines is 2. The van der Waals surface area contributed by atoms with Gasteiger partial charge in [-0.1, -0.05) is 39.0 Å². The lowest BCUT2D eigenvalue weighted by atomic mass is 9.75. The van der Waals surface area contributed by atoms with Crippen molar-refractivity contribution in [3.05, 3.63) is 65.9 Å². The molecule has 350 valence electrons. The molecule has 4 aliphatic rings. The van der Waals surface area contributed by atoms with Crippen molar-refractivity contribution in [2.75, 3.05) is 13.2 Å². The highest BCUT2D eigenvalue weighted by atomic mass is 16.6. The van der Waals surface area contributed by atoms with Gasteiger partial charge in [0.1, 0.15) is 41.7 Å². The third-order valence-electron chi connectivity index (χ3n) is 14.2. The number of imidazole rings is 2. The Hall–Kier alpha value is -6.16. The number of alkyl carbamates (subject to hydrolysis) is 1. The zero-order chi connectivity index (χ0) is 46.8. The van der Waals surface area contributed by atoms with E-state index in [1.807, 2.05) is 64.8 Å². The molecule has 66 heavy (non-hydrogen) atoms. The van der Waals surface area contributed by atoms with Gasteiger partial charge in [-0.15, -0.1) is 0 Å². The van der Waals surface area contributed by atoms with Crippen molar-refractivity contribution < 1.29 is 38.5 Å². The number of carboxylic acid groups (broad SMARTS) is 1. The molecule has 2 aromatic heterocycles. The summed E-state index contributed by atoms with van der Waals surface area (Å²) in [7, 11) is 0. The number of hydrogen-bond acceptors (Lipinski definition) is 9. The van der Waals surface area contributed by atoms with Crippen LogP contribution >= 0.6 is 0 Å². The molecule has 9 rings (SSSR count). The minimum Gasteiger partial charge on any atom is -0.488 e. The molecule has 3 fully saturated rings. The van der Waals surface area contributed by atoms with Gasteiger partial charge in [0.05, 0.1) is 35.0 Å². The molecule has 3 saturated heterocycles. The van der Waals surface area contributed by atoms with Crippen LogP contribution in [0.5, 0.6) is 5.75 Å². The third kappa shape index (κ3) is 8.44. The lowest BCUT2D eigenvalue weighted by Crippen LogP contribution is -2.59. The second kappa shape index (κ2) is 17.2. The summed E-state index contributed by atoms with van der Waals surface area (Å²) in [6, 6.07) is 12.2. The predicted molar refractivity (Wildman–Crippen MR) is 249 cm³/mol. The van der Waals surface area contributed by atoms with Crippen LogP contribution in [0.2, 0.25) is 0 Å². The molecule has 16 heteroatoms. The van der Waals surface area contributed by atoms with Gasteiger partial charge in [0, 0.05) is 41.7 Å². The number of carbonyl (C=O) groups excluding carboxylic acids is 3. The molecule has 3 aromatic carbocycles. The maximum Gasteiger partial charge on any atom is 0.408 e. The molecule has 0 radical (unpaired) electrons. The van der Waals surface area contributed by atoms with Crippen LogP contribution in [0.25, 0.3) is 44.2 Å². The van der Waals surface area contributed by atoms with E-state index in [9.17, 15) is 24.3 Å². The van der Waals surface area contributed by atoms with Crippen molar-refractivity contribution in [1.29, 1.82) is 0 Å². The molecule has 16 nitrogen and oxygen atoms in total. The molecule has 0 bridgehead atoms. The SMILES string of the molecule is CC(C)[C@H](NC(=O)O)C(=O)N1[C@@H](C)CC[C@H]1c1nc2c(ccc3cc4c(cc32)OCc2cc(-c3cnc([C@@H]5CC[C@H](C)N5C(=O)[C@@H](NC(=O)OC(C)(C)C)C5(C)CCOCC5)[nH]3)ccc2-4)[nH]1. The van der Waals surface area contributed by atoms with Gasteiger partial charge in [-0.05, 0) is 125 Å². The molecule has 5 N–H and O–H groups in total. The zero-order valence-electron chi connectivity index (χ0n) is 39.1. The largest absolute Gasteiger partial charge is 0.488 e. The van der Waals surface area contributed by atoms with Crippen LogP contribution < -0.4 is 15.4 Å². The van der Waals surface area contributed by atoms with E-state index in [1.54, 1.807) is 4.90 Å². The smallest absolute Gasteiger partial charge is 0.408 e. The van der Waals surface area contributed by atoms with E-state index in [0.717, 1.165) is 74.8 Å². The number of benzene rings is 3. The van der Waals surface area contributed by atoms with Crippen LogP contribution in [-0.4, -0.2) is 102 Å². The second-order valence-corrected chi connectivity index (χ2v) is 20.4. The van der Waals surface area contributed by atoms with Crippen molar-refractivity contribution in [2.24, 2.45) is 11.3 Å². The first-order valence-corrected chi connectivity index (χ1v) is 23.4. The van der Waals surface area contributed by atoms with Crippen LogP contribution in [0.3, 0.4) is 0 Å². The van der Waals surface area contributed by atoms with Gasteiger partial charge in [-0.2, -0.15) is 0 Å². The Morgan fingerprint density at radius 3 is 2.26 bits per heavy atom. The summed E-state index contributed by atoms with van der Waals surface area (Å²) < 4.78 is 17.8. The topological polar surface area (TPSA) is 204 Å². The minimum atomic E-state index is -1.22. The molecule has 4 amide bonds. The Bertz CT molecular complexity index is 2700. The van der Waals surface area contributed by atoms with E-state index < -0.39 is 35.3 Å². The van der Waals surface area contributed by atoms with E-state index >= 15 is 0 Å². The molecule has 0 unspecified atom stereocenters. The summed E-state index contributed by atoms with van der Waals surface area (Å²) in [5, 5.41) is 16.8. The number of fused-ring (bicyclic) bond motifs is 6. The summed E-state index contributed by atoms with van der Waals surface area (Å²) in [6.45, 7) is 16.6. The quantitative estimate of drug-likeness (QED) is 0.0951. The fraction of sp³-hybridized carbons (Fsp3) is 0.520. The fourth-order valence-corrected chi connectivity index (χ4v) is 10.6. The van der Waals surface area contributed by atoms with Gasteiger partial charge in [0.15, 0.2) is 0 Å². The van der Waals surface area contributed by atoms with Gasteiger partial charge in [0.25, 0.3) is 0 Å². The normalized spacial score (nSPS) is 22.4. The van der Waals surface area contributed by atoms with Crippen molar-refractivity contribution in [3.8, 4) is 28.1 Å². The average molecular weight is 903 g/mol. The number of nitrogens with zero attached hydrogens (tertiary/aromatic N) is 4. The number of likely N-dealkylation sites (tertiary alicyclic amines) is 2. The van der Waals surface area contributed by atoms with E-state index in [2.05, 4.69) is 64.8 Å². The van der Waals surface area contributed by atoms with Crippen LogP contribution in [0.4, 0.5) is 9.59 Å². The fourth-order valence-electron chi connectivity index (χ4n) is 10.6. The number of aromatic nitrogens is 4. The second-order valence-electron chi connectivity index (χ2n) is 20.4. The van der Waals surface area contributed by atoms with E-state index in [4.69, 9.17) is 24.2 Å².